The first kappa shape index (κ1) is 19.2. The standard InChI is InChI=1S/C23H26N4O2/c1-16(17-6-9-19(29-2)10-7-17)26-23(28)18-8-11-21-20(14-18)22(25-15-24-21)27-12-4-3-5-13-27/h6-11,14-16H,3-5,12-13H2,1-2H3,(H,26,28)/t16-/m1/s1. The molecule has 0 spiro atoms. The van der Waals surface area contributed by atoms with E-state index in [2.05, 4.69) is 20.2 Å². The van der Waals surface area contributed by atoms with Crippen molar-refractivity contribution in [2.24, 2.45) is 0 Å². The zero-order valence-electron chi connectivity index (χ0n) is 16.9. The van der Waals surface area contributed by atoms with Crippen LogP contribution in [0, 0.1) is 0 Å². The molecule has 3 aromatic rings. The highest BCUT2D eigenvalue weighted by molar-refractivity contribution is 6.00. The van der Waals surface area contributed by atoms with Crippen LogP contribution < -0.4 is 15.0 Å². The second-order valence-corrected chi connectivity index (χ2v) is 7.45. The van der Waals surface area contributed by atoms with Crippen LogP contribution in [-0.2, 0) is 0 Å². The lowest BCUT2D eigenvalue weighted by Crippen LogP contribution is -2.30. The molecule has 1 atom stereocenters. The molecule has 2 aromatic carbocycles. The van der Waals surface area contributed by atoms with Gasteiger partial charge >= 0.3 is 0 Å². The van der Waals surface area contributed by atoms with Gasteiger partial charge in [0.25, 0.3) is 5.91 Å². The van der Waals surface area contributed by atoms with Gasteiger partial charge in [-0.1, -0.05) is 12.1 Å². The van der Waals surface area contributed by atoms with Crippen LogP contribution in [-0.4, -0.2) is 36.1 Å². The summed E-state index contributed by atoms with van der Waals surface area (Å²) in [5.74, 6) is 1.61. The van der Waals surface area contributed by atoms with Gasteiger partial charge in [0.05, 0.1) is 18.7 Å². The second-order valence-electron chi connectivity index (χ2n) is 7.45. The Labute approximate surface area is 170 Å². The van der Waals surface area contributed by atoms with E-state index >= 15 is 0 Å². The third-order valence-corrected chi connectivity index (χ3v) is 5.50. The molecule has 0 saturated carbocycles. The lowest BCUT2D eigenvalue weighted by Gasteiger charge is -2.28. The molecule has 0 radical (unpaired) electrons. The molecule has 4 rings (SSSR count). The molecule has 6 heteroatoms. The van der Waals surface area contributed by atoms with Gasteiger partial charge in [-0.3, -0.25) is 4.79 Å². The van der Waals surface area contributed by atoms with Crippen molar-refractivity contribution in [3.8, 4) is 5.75 Å². The predicted octanol–water partition coefficient (Wildman–Crippen LogP) is 4.12. The van der Waals surface area contributed by atoms with E-state index in [0.717, 1.165) is 41.1 Å². The fourth-order valence-corrected chi connectivity index (χ4v) is 3.80. The molecule has 1 saturated heterocycles. The molecule has 0 bridgehead atoms. The monoisotopic (exact) mass is 390 g/mol. The Balaban J connectivity index is 1.57. The highest BCUT2D eigenvalue weighted by Crippen LogP contribution is 2.27. The Morgan fingerprint density at radius 2 is 1.83 bits per heavy atom. The van der Waals surface area contributed by atoms with Gasteiger partial charge in [0.15, 0.2) is 0 Å². The van der Waals surface area contributed by atoms with Gasteiger partial charge in [0.1, 0.15) is 17.9 Å². The van der Waals surface area contributed by atoms with Gasteiger partial charge in [-0.15, -0.1) is 0 Å². The third kappa shape index (κ3) is 4.16. The Morgan fingerprint density at radius 3 is 2.55 bits per heavy atom. The Hall–Kier alpha value is -3.15. The van der Waals surface area contributed by atoms with Crippen LogP contribution in [0.4, 0.5) is 5.82 Å². The van der Waals surface area contributed by atoms with Crippen molar-refractivity contribution in [2.75, 3.05) is 25.1 Å². The summed E-state index contributed by atoms with van der Waals surface area (Å²) in [4.78, 5) is 24.1. The fourth-order valence-electron chi connectivity index (χ4n) is 3.80. The van der Waals surface area contributed by atoms with Gasteiger partial charge < -0.3 is 15.0 Å². The quantitative estimate of drug-likeness (QED) is 0.710. The lowest BCUT2D eigenvalue weighted by molar-refractivity contribution is 0.0940. The number of nitrogens with one attached hydrogen (secondary N) is 1. The van der Waals surface area contributed by atoms with Crippen LogP contribution in [0.15, 0.2) is 48.8 Å². The van der Waals surface area contributed by atoms with Crippen molar-refractivity contribution >= 4 is 22.6 Å². The topological polar surface area (TPSA) is 67.3 Å². The third-order valence-electron chi connectivity index (χ3n) is 5.50. The van der Waals surface area contributed by atoms with Crippen molar-refractivity contribution in [3.05, 3.63) is 59.9 Å². The lowest BCUT2D eigenvalue weighted by atomic mass is 10.1. The van der Waals surface area contributed by atoms with Crippen molar-refractivity contribution in [2.45, 2.75) is 32.2 Å². The summed E-state index contributed by atoms with van der Waals surface area (Å²) in [6.45, 7) is 3.97. The van der Waals surface area contributed by atoms with Crippen molar-refractivity contribution in [3.63, 3.8) is 0 Å². The number of hydrogen-bond donors (Lipinski definition) is 1. The first-order valence-corrected chi connectivity index (χ1v) is 10.1. The van der Waals surface area contributed by atoms with E-state index < -0.39 is 0 Å². The van der Waals surface area contributed by atoms with Crippen molar-refractivity contribution in [1.29, 1.82) is 0 Å². The highest BCUT2D eigenvalue weighted by atomic mass is 16.5. The minimum atomic E-state index is -0.113. The zero-order valence-corrected chi connectivity index (χ0v) is 16.9. The van der Waals surface area contributed by atoms with Gasteiger partial charge in [-0.25, -0.2) is 9.97 Å². The molecule has 6 nitrogen and oxygen atoms in total. The Morgan fingerprint density at radius 1 is 1.07 bits per heavy atom. The molecule has 0 aliphatic carbocycles. The number of ether oxygens (including phenoxy) is 1. The van der Waals surface area contributed by atoms with E-state index in [0.29, 0.717) is 5.56 Å². The number of methoxy groups -OCH3 is 1. The summed E-state index contributed by atoms with van der Waals surface area (Å²) in [5, 5.41) is 4.01. The van der Waals surface area contributed by atoms with Crippen LogP contribution in [0.25, 0.3) is 10.9 Å². The number of carbonyl (C=O) groups is 1. The summed E-state index contributed by atoms with van der Waals surface area (Å²) in [5.41, 5.74) is 2.50. The first-order valence-electron chi connectivity index (χ1n) is 10.1. The number of hydrogen-bond acceptors (Lipinski definition) is 5. The van der Waals surface area contributed by atoms with Crippen molar-refractivity contribution in [1.82, 2.24) is 15.3 Å². The number of fused-ring (bicyclic) bond motifs is 1. The van der Waals surface area contributed by atoms with Gasteiger partial charge in [0, 0.05) is 24.0 Å². The van der Waals surface area contributed by atoms with Crippen LogP contribution >= 0.6 is 0 Å². The highest BCUT2D eigenvalue weighted by Gasteiger charge is 2.17. The average molecular weight is 390 g/mol. The van der Waals surface area contributed by atoms with Crippen LogP contribution in [0.5, 0.6) is 5.75 Å². The number of nitrogens with zero attached hydrogens (tertiary/aromatic N) is 3. The molecular weight excluding hydrogens is 364 g/mol. The molecule has 2 heterocycles. The molecule has 150 valence electrons. The summed E-state index contributed by atoms with van der Waals surface area (Å²) in [7, 11) is 1.64. The van der Waals surface area contributed by atoms with E-state index in [9.17, 15) is 4.79 Å². The first-order chi connectivity index (χ1) is 14.2. The van der Waals surface area contributed by atoms with E-state index in [4.69, 9.17) is 4.74 Å². The molecule has 1 amide bonds. The second kappa shape index (κ2) is 8.47. The normalized spacial score (nSPS) is 15.2. The van der Waals surface area contributed by atoms with Crippen LogP contribution in [0.1, 0.15) is 48.1 Å². The smallest absolute Gasteiger partial charge is 0.251 e. The maximum Gasteiger partial charge on any atom is 0.251 e. The minimum absolute atomic E-state index is 0.108. The maximum absolute atomic E-state index is 12.9. The van der Waals surface area contributed by atoms with E-state index in [1.807, 2.05) is 49.4 Å². The van der Waals surface area contributed by atoms with E-state index in [1.54, 1.807) is 13.4 Å². The van der Waals surface area contributed by atoms with Gasteiger partial charge in [0.2, 0.25) is 0 Å². The predicted molar refractivity (Wildman–Crippen MR) is 114 cm³/mol. The van der Waals surface area contributed by atoms with Gasteiger partial charge in [-0.05, 0) is 62.1 Å². The number of benzene rings is 2. The minimum Gasteiger partial charge on any atom is -0.497 e. The van der Waals surface area contributed by atoms with E-state index in [-0.39, 0.29) is 11.9 Å². The number of aromatic nitrogens is 2. The number of rotatable bonds is 5. The SMILES string of the molecule is COc1ccc([C@@H](C)NC(=O)c2ccc3ncnc(N4CCCCC4)c3c2)cc1. The van der Waals surface area contributed by atoms with Gasteiger partial charge in [-0.2, -0.15) is 0 Å². The zero-order chi connectivity index (χ0) is 20.2. The molecular formula is C23H26N4O2. The largest absolute Gasteiger partial charge is 0.497 e. The molecule has 1 aliphatic rings. The summed E-state index contributed by atoms with van der Waals surface area (Å²) >= 11 is 0. The van der Waals surface area contributed by atoms with Crippen LogP contribution in [0.2, 0.25) is 0 Å². The number of amides is 1. The number of piperidine rings is 1. The molecule has 0 unspecified atom stereocenters. The fraction of sp³-hybridized carbons (Fsp3) is 0.348. The molecule has 1 aliphatic heterocycles. The summed E-state index contributed by atoms with van der Waals surface area (Å²) < 4.78 is 5.20. The maximum atomic E-state index is 12.9. The average Bonchev–Trinajstić information content (AvgIpc) is 2.78. The van der Waals surface area contributed by atoms with Crippen LogP contribution in [0.3, 0.4) is 0 Å². The van der Waals surface area contributed by atoms with Crippen molar-refractivity contribution < 1.29 is 9.53 Å². The van der Waals surface area contributed by atoms with E-state index in [1.165, 1.54) is 19.3 Å². The molecule has 1 aromatic heterocycles. The Kier molecular flexibility index (Phi) is 5.60. The summed E-state index contributed by atoms with van der Waals surface area (Å²) in [6, 6.07) is 13.3. The number of anilines is 1. The molecule has 1 fully saturated rings. The molecule has 1 N–H and O–H groups in total. The summed E-state index contributed by atoms with van der Waals surface area (Å²) in [6.07, 6.45) is 5.21. The Bertz CT molecular complexity index is 997. The number of carbonyl (C=O) groups excluding carboxylic acids is 1. The molecule has 29 heavy (non-hydrogen) atoms.